The molecule has 0 bridgehead atoms. The quantitative estimate of drug-likeness (QED) is 0.334. The normalized spacial score (nSPS) is 17.8. The lowest BCUT2D eigenvalue weighted by Gasteiger charge is -2.25. The first-order valence-electron chi connectivity index (χ1n) is 10.5. The van der Waals surface area contributed by atoms with Crippen LogP contribution in [-0.2, 0) is 9.59 Å². The monoisotopic (exact) mass is 427 g/mol. The van der Waals surface area contributed by atoms with Crippen LogP contribution in [0.3, 0.4) is 0 Å². The standard InChI is InChI=1S/C27H25NO4/c1-17(2)18-9-13-21(14-10-18)28-24(19-7-5-4-6-8-19)23(26(30)27(28)31)25(29)20-11-15-22(32-3)16-12-20/h4-17,24,29H,1-3H3/b25-23+. The number of ether oxygens (including phenoxy) is 1. The zero-order chi connectivity index (χ0) is 22.8. The molecule has 162 valence electrons. The molecule has 3 aromatic rings. The first-order valence-corrected chi connectivity index (χ1v) is 10.5. The van der Waals surface area contributed by atoms with E-state index in [2.05, 4.69) is 13.8 Å². The van der Waals surface area contributed by atoms with Crippen LogP contribution in [0.2, 0.25) is 0 Å². The van der Waals surface area contributed by atoms with Crippen molar-refractivity contribution in [3.63, 3.8) is 0 Å². The lowest BCUT2D eigenvalue weighted by Crippen LogP contribution is -2.29. The van der Waals surface area contributed by atoms with Gasteiger partial charge >= 0.3 is 0 Å². The minimum Gasteiger partial charge on any atom is -0.507 e. The van der Waals surface area contributed by atoms with Gasteiger partial charge in [0, 0.05) is 11.3 Å². The van der Waals surface area contributed by atoms with Crippen LogP contribution < -0.4 is 9.64 Å². The third-order valence-electron chi connectivity index (χ3n) is 5.76. The number of hydrogen-bond acceptors (Lipinski definition) is 4. The zero-order valence-electron chi connectivity index (χ0n) is 18.3. The molecule has 5 nitrogen and oxygen atoms in total. The van der Waals surface area contributed by atoms with Gasteiger partial charge in [0.2, 0.25) is 0 Å². The molecule has 1 heterocycles. The molecule has 1 fully saturated rings. The van der Waals surface area contributed by atoms with Crippen molar-refractivity contribution in [3.8, 4) is 5.75 Å². The van der Waals surface area contributed by atoms with Gasteiger partial charge < -0.3 is 9.84 Å². The fraction of sp³-hybridized carbons (Fsp3) is 0.185. The van der Waals surface area contributed by atoms with Gasteiger partial charge in [-0.15, -0.1) is 0 Å². The lowest BCUT2D eigenvalue weighted by molar-refractivity contribution is -0.132. The highest BCUT2D eigenvalue weighted by atomic mass is 16.5. The number of aliphatic hydroxyl groups is 1. The molecule has 0 saturated carbocycles. The Bertz CT molecular complexity index is 1160. The molecule has 3 aromatic carbocycles. The molecule has 1 aliphatic heterocycles. The van der Waals surface area contributed by atoms with Crippen molar-refractivity contribution in [2.45, 2.75) is 25.8 Å². The number of rotatable bonds is 5. The molecule has 32 heavy (non-hydrogen) atoms. The minimum absolute atomic E-state index is 0.0688. The van der Waals surface area contributed by atoms with Crippen molar-refractivity contribution in [3.05, 3.63) is 101 Å². The van der Waals surface area contributed by atoms with Crippen LogP contribution in [0.1, 0.15) is 42.5 Å². The Balaban J connectivity index is 1.87. The second-order valence-corrected chi connectivity index (χ2v) is 8.05. The fourth-order valence-corrected chi connectivity index (χ4v) is 3.97. The van der Waals surface area contributed by atoms with Gasteiger partial charge in [0.1, 0.15) is 11.5 Å². The van der Waals surface area contributed by atoms with E-state index in [-0.39, 0.29) is 11.3 Å². The van der Waals surface area contributed by atoms with Gasteiger partial charge in [0.15, 0.2) is 0 Å². The molecule has 0 aliphatic carbocycles. The number of nitrogens with zero attached hydrogens (tertiary/aromatic N) is 1. The van der Waals surface area contributed by atoms with Gasteiger partial charge in [-0.1, -0.05) is 56.3 Å². The number of methoxy groups -OCH3 is 1. The van der Waals surface area contributed by atoms with Gasteiger partial charge in [-0.2, -0.15) is 0 Å². The minimum atomic E-state index is -0.733. The van der Waals surface area contributed by atoms with Crippen LogP contribution in [0.5, 0.6) is 5.75 Å². The van der Waals surface area contributed by atoms with E-state index >= 15 is 0 Å². The van der Waals surface area contributed by atoms with Crippen molar-refractivity contribution < 1.29 is 19.4 Å². The SMILES string of the molecule is COc1ccc(/C(O)=C2\C(=O)C(=O)N(c3ccc(C(C)C)cc3)C2c2ccccc2)cc1. The van der Waals surface area contributed by atoms with E-state index in [1.54, 1.807) is 31.4 Å². The van der Waals surface area contributed by atoms with Crippen LogP contribution in [0.4, 0.5) is 5.69 Å². The number of benzene rings is 3. The highest BCUT2D eigenvalue weighted by molar-refractivity contribution is 6.51. The molecule has 0 aromatic heterocycles. The summed E-state index contributed by atoms with van der Waals surface area (Å²) in [5, 5.41) is 11.1. The van der Waals surface area contributed by atoms with Crippen LogP contribution >= 0.6 is 0 Å². The number of carbonyl (C=O) groups excluding carboxylic acids is 2. The van der Waals surface area contributed by atoms with Crippen molar-refractivity contribution >= 4 is 23.1 Å². The number of aliphatic hydroxyl groups excluding tert-OH is 1. The van der Waals surface area contributed by atoms with E-state index in [4.69, 9.17) is 4.74 Å². The Morgan fingerprint density at radius 3 is 2.09 bits per heavy atom. The predicted octanol–water partition coefficient (Wildman–Crippen LogP) is 5.44. The molecule has 0 spiro atoms. The first-order chi connectivity index (χ1) is 15.4. The fourth-order valence-electron chi connectivity index (χ4n) is 3.97. The maximum absolute atomic E-state index is 13.2. The van der Waals surface area contributed by atoms with Gasteiger partial charge in [-0.25, -0.2) is 0 Å². The molecule has 1 N–H and O–H groups in total. The highest BCUT2D eigenvalue weighted by Gasteiger charge is 2.46. The average Bonchev–Trinajstić information content (AvgIpc) is 3.09. The van der Waals surface area contributed by atoms with Gasteiger partial charge in [0.25, 0.3) is 11.7 Å². The predicted molar refractivity (Wildman–Crippen MR) is 125 cm³/mol. The topological polar surface area (TPSA) is 66.8 Å². The Morgan fingerprint density at radius 1 is 0.906 bits per heavy atom. The Kier molecular flexibility index (Phi) is 5.82. The smallest absolute Gasteiger partial charge is 0.300 e. The largest absolute Gasteiger partial charge is 0.507 e. The molecular formula is C27H25NO4. The van der Waals surface area contributed by atoms with E-state index in [1.807, 2.05) is 54.6 Å². The van der Waals surface area contributed by atoms with Crippen molar-refractivity contribution in [2.75, 3.05) is 12.0 Å². The van der Waals surface area contributed by atoms with E-state index < -0.39 is 17.7 Å². The lowest BCUT2D eigenvalue weighted by atomic mass is 9.95. The molecule has 1 unspecified atom stereocenters. The molecule has 1 aliphatic rings. The van der Waals surface area contributed by atoms with Crippen LogP contribution in [0.25, 0.3) is 5.76 Å². The maximum atomic E-state index is 13.2. The summed E-state index contributed by atoms with van der Waals surface area (Å²) in [7, 11) is 1.56. The van der Waals surface area contributed by atoms with Crippen LogP contribution in [-0.4, -0.2) is 23.9 Å². The molecule has 4 rings (SSSR count). The number of carbonyl (C=O) groups is 2. The molecule has 0 radical (unpaired) electrons. The third-order valence-corrected chi connectivity index (χ3v) is 5.76. The second kappa shape index (κ2) is 8.71. The zero-order valence-corrected chi connectivity index (χ0v) is 18.3. The van der Waals surface area contributed by atoms with Gasteiger partial charge in [-0.05, 0) is 53.4 Å². The summed E-state index contributed by atoms with van der Waals surface area (Å²) >= 11 is 0. The third kappa shape index (κ3) is 3.78. The number of amides is 1. The summed E-state index contributed by atoms with van der Waals surface area (Å²) in [4.78, 5) is 27.8. The Hall–Kier alpha value is -3.86. The molecular weight excluding hydrogens is 402 g/mol. The van der Waals surface area contributed by atoms with Crippen molar-refractivity contribution in [1.82, 2.24) is 0 Å². The van der Waals surface area contributed by atoms with Gasteiger partial charge in [-0.3, -0.25) is 14.5 Å². The summed E-state index contributed by atoms with van der Waals surface area (Å²) in [6.45, 7) is 4.19. The summed E-state index contributed by atoms with van der Waals surface area (Å²) in [6, 6.07) is 22.9. The number of hydrogen-bond donors (Lipinski definition) is 1. The van der Waals surface area contributed by atoms with Crippen LogP contribution in [0, 0.1) is 0 Å². The molecule has 5 heteroatoms. The van der Waals surface area contributed by atoms with E-state index in [0.717, 1.165) is 11.1 Å². The molecule has 1 amide bonds. The number of anilines is 1. The summed E-state index contributed by atoms with van der Waals surface area (Å²) in [6.07, 6.45) is 0. The van der Waals surface area contributed by atoms with E-state index in [9.17, 15) is 14.7 Å². The van der Waals surface area contributed by atoms with Crippen LogP contribution in [0.15, 0.2) is 84.4 Å². The summed E-state index contributed by atoms with van der Waals surface area (Å²) in [5.74, 6) is -0.598. The van der Waals surface area contributed by atoms with Crippen molar-refractivity contribution in [1.29, 1.82) is 0 Å². The summed E-state index contributed by atoms with van der Waals surface area (Å²) < 4.78 is 5.18. The second-order valence-electron chi connectivity index (χ2n) is 8.05. The van der Waals surface area contributed by atoms with Crippen molar-refractivity contribution in [2.24, 2.45) is 0 Å². The average molecular weight is 428 g/mol. The highest BCUT2D eigenvalue weighted by Crippen LogP contribution is 2.42. The molecule has 1 atom stereocenters. The summed E-state index contributed by atoms with van der Waals surface area (Å²) in [5.41, 5.74) is 3.01. The van der Waals surface area contributed by atoms with Gasteiger partial charge in [0.05, 0.1) is 18.7 Å². The number of ketones is 1. The van der Waals surface area contributed by atoms with E-state index in [1.165, 1.54) is 4.90 Å². The maximum Gasteiger partial charge on any atom is 0.300 e. The number of Topliss-reactive ketones (excluding diaryl/α,β-unsaturated/α-hetero) is 1. The Morgan fingerprint density at radius 2 is 1.53 bits per heavy atom. The van der Waals surface area contributed by atoms with E-state index in [0.29, 0.717) is 22.9 Å². The first kappa shape index (κ1) is 21.4. The molecule has 1 saturated heterocycles. The Labute approximate surface area is 187 Å².